The Labute approximate surface area is 111 Å². The predicted octanol–water partition coefficient (Wildman–Crippen LogP) is 3.88. The summed E-state index contributed by atoms with van der Waals surface area (Å²) < 4.78 is 0.679. The average molecular weight is 272 g/mol. The van der Waals surface area contributed by atoms with Crippen molar-refractivity contribution in [3.63, 3.8) is 0 Å². The number of hydrogen-bond donors (Lipinski definition) is 1. The van der Waals surface area contributed by atoms with E-state index < -0.39 is 0 Å². The molecule has 2 rings (SSSR count). The van der Waals surface area contributed by atoms with Crippen LogP contribution in [0.5, 0.6) is 0 Å². The number of ketones is 1. The molecule has 4 heteroatoms. The quantitative estimate of drug-likeness (QED) is 0.845. The van der Waals surface area contributed by atoms with Gasteiger partial charge in [0.1, 0.15) is 0 Å². The summed E-state index contributed by atoms with van der Waals surface area (Å²) in [6.07, 6.45) is 6.45. The van der Waals surface area contributed by atoms with Crippen LogP contribution in [0.1, 0.15) is 48.2 Å². The van der Waals surface area contributed by atoms with E-state index in [-0.39, 0.29) is 11.2 Å². The van der Waals surface area contributed by atoms with Crippen molar-refractivity contribution in [1.29, 1.82) is 0 Å². The summed E-state index contributed by atoms with van der Waals surface area (Å²) in [5.74, 6) is 0.203. The second-order valence-electron chi connectivity index (χ2n) is 4.97. The first-order valence-corrected chi connectivity index (χ1v) is 7.33. The van der Waals surface area contributed by atoms with Gasteiger partial charge in [-0.05, 0) is 36.9 Å². The van der Waals surface area contributed by atoms with Crippen LogP contribution in [0, 0.1) is 5.41 Å². The highest BCUT2D eigenvalue weighted by Gasteiger charge is 2.33. The van der Waals surface area contributed by atoms with E-state index in [1.807, 2.05) is 6.07 Å². The molecule has 0 aromatic carbocycles. The summed E-state index contributed by atoms with van der Waals surface area (Å²) in [7, 11) is 0. The SMILES string of the molecule is NCC1(CC(=O)c2ccc(Cl)s2)CCCCC1. The van der Waals surface area contributed by atoms with E-state index in [1.54, 1.807) is 6.07 Å². The third kappa shape index (κ3) is 3.09. The van der Waals surface area contributed by atoms with Gasteiger partial charge in [-0.1, -0.05) is 30.9 Å². The fraction of sp³-hybridized carbons (Fsp3) is 0.615. The summed E-state index contributed by atoms with van der Waals surface area (Å²) >= 11 is 7.23. The molecule has 0 unspecified atom stereocenters. The van der Waals surface area contributed by atoms with Crippen molar-refractivity contribution in [2.24, 2.45) is 11.1 Å². The van der Waals surface area contributed by atoms with Crippen LogP contribution >= 0.6 is 22.9 Å². The first-order chi connectivity index (χ1) is 8.15. The number of carbonyl (C=O) groups is 1. The van der Waals surface area contributed by atoms with E-state index in [0.717, 1.165) is 17.7 Å². The molecule has 17 heavy (non-hydrogen) atoms. The minimum Gasteiger partial charge on any atom is -0.330 e. The molecule has 1 fully saturated rings. The van der Waals surface area contributed by atoms with Crippen LogP contribution in [0.2, 0.25) is 4.34 Å². The van der Waals surface area contributed by atoms with Crippen molar-refractivity contribution < 1.29 is 4.79 Å². The minimum absolute atomic E-state index is 0.0474. The van der Waals surface area contributed by atoms with E-state index in [0.29, 0.717) is 17.3 Å². The normalized spacial score (nSPS) is 19.2. The fourth-order valence-electron chi connectivity index (χ4n) is 2.65. The number of Topliss-reactive ketones (excluding diaryl/α,β-unsaturated/α-hetero) is 1. The van der Waals surface area contributed by atoms with Crippen LogP contribution in [0.25, 0.3) is 0 Å². The summed E-state index contributed by atoms with van der Waals surface area (Å²) in [6, 6.07) is 3.61. The molecule has 1 saturated carbocycles. The average Bonchev–Trinajstić information content (AvgIpc) is 2.77. The molecule has 1 heterocycles. The molecule has 0 atom stereocenters. The Morgan fingerprint density at radius 1 is 1.35 bits per heavy atom. The Balaban J connectivity index is 2.05. The van der Waals surface area contributed by atoms with Gasteiger partial charge in [0.2, 0.25) is 0 Å². The molecule has 0 bridgehead atoms. The van der Waals surface area contributed by atoms with Crippen molar-refractivity contribution in [2.75, 3.05) is 6.54 Å². The van der Waals surface area contributed by atoms with Gasteiger partial charge in [-0.2, -0.15) is 0 Å². The minimum atomic E-state index is 0.0474. The molecule has 0 radical (unpaired) electrons. The zero-order valence-electron chi connectivity index (χ0n) is 9.88. The molecular weight excluding hydrogens is 254 g/mol. The van der Waals surface area contributed by atoms with E-state index in [4.69, 9.17) is 17.3 Å². The van der Waals surface area contributed by atoms with Gasteiger partial charge in [0.05, 0.1) is 9.21 Å². The van der Waals surface area contributed by atoms with Crippen LogP contribution in [0.3, 0.4) is 0 Å². The Morgan fingerprint density at radius 3 is 2.59 bits per heavy atom. The van der Waals surface area contributed by atoms with Crippen LogP contribution in [0.4, 0.5) is 0 Å². The van der Waals surface area contributed by atoms with E-state index in [1.165, 1.54) is 30.6 Å². The van der Waals surface area contributed by atoms with Crippen LogP contribution < -0.4 is 5.73 Å². The van der Waals surface area contributed by atoms with Crippen molar-refractivity contribution in [2.45, 2.75) is 38.5 Å². The maximum Gasteiger partial charge on any atom is 0.173 e. The topological polar surface area (TPSA) is 43.1 Å². The van der Waals surface area contributed by atoms with Gasteiger partial charge in [0, 0.05) is 6.42 Å². The summed E-state index contributed by atoms with van der Waals surface area (Å²) in [5.41, 5.74) is 5.94. The van der Waals surface area contributed by atoms with Crippen LogP contribution in [0.15, 0.2) is 12.1 Å². The summed E-state index contributed by atoms with van der Waals surface area (Å²) in [4.78, 5) is 13.0. The molecular formula is C13H18ClNOS. The molecule has 0 aliphatic heterocycles. The predicted molar refractivity (Wildman–Crippen MR) is 72.8 cm³/mol. The van der Waals surface area contributed by atoms with E-state index >= 15 is 0 Å². The third-order valence-electron chi connectivity index (χ3n) is 3.73. The molecule has 0 saturated heterocycles. The van der Waals surface area contributed by atoms with Crippen molar-refractivity contribution in [1.82, 2.24) is 0 Å². The second-order valence-corrected chi connectivity index (χ2v) is 6.68. The highest BCUT2D eigenvalue weighted by Crippen LogP contribution is 2.39. The molecule has 94 valence electrons. The highest BCUT2D eigenvalue weighted by atomic mass is 35.5. The number of hydrogen-bond acceptors (Lipinski definition) is 3. The standard InChI is InChI=1S/C13H18ClNOS/c14-12-5-4-11(17-12)10(16)8-13(9-15)6-2-1-3-7-13/h4-5H,1-3,6-9,15H2. The lowest BCUT2D eigenvalue weighted by molar-refractivity contribution is 0.0872. The molecule has 2 N–H and O–H groups in total. The van der Waals surface area contributed by atoms with Gasteiger partial charge in [-0.15, -0.1) is 11.3 Å². The molecule has 1 aliphatic rings. The molecule has 0 amide bonds. The number of rotatable bonds is 4. The Kier molecular flexibility index (Phi) is 4.23. The van der Waals surface area contributed by atoms with E-state index in [9.17, 15) is 4.79 Å². The maximum absolute atomic E-state index is 12.2. The molecule has 1 aliphatic carbocycles. The fourth-order valence-corrected chi connectivity index (χ4v) is 3.63. The smallest absolute Gasteiger partial charge is 0.173 e. The molecule has 1 aromatic rings. The van der Waals surface area contributed by atoms with E-state index in [2.05, 4.69) is 0 Å². The molecule has 2 nitrogen and oxygen atoms in total. The van der Waals surface area contributed by atoms with Crippen molar-refractivity contribution in [3.8, 4) is 0 Å². The van der Waals surface area contributed by atoms with Crippen LogP contribution in [-0.4, -0.2) is 12.3 Å². The van der Waals surface area contributed by atoms with Gasteiger partial charge >= 0.3 is 0 Å². The zero-order chi connectivity index (χ0) is 12.3. The van der Waals surface area contributed by atoms with Gasteiger partial charge in [0.25, 0.3) is 0 Å². The number of nitrogens with two attached hydrogens (primary N) is 1. The largest absolute Gasteiger partial charge is 0.330 e. The van der Waals surface area contributed by atoms with Gasteiger partial charge < -0.3 is 5.73 Å². The first kappa shape index (κ1) is 13.1. The Hall–Kier alpha value is -0.380. The van der Waals surface area contributed by atoms with Gasteiger partial charge in [0.15, 0.2) is 5.78 Å². The summed E-state index contributed by atoms with van der Waals surface area (Å²) in [6.45, 7) is 0.623. The van der Waals surface area contributed by atoms with Gasteiger partial charge in [-0.3, -0.25) is 4.79 Å². The maximum atomic E-state index is 12.2. The summed E-state index contributed by atoms with van der Waals surface area (Å²) in [5, 5.41) is 0. The molecule has 1 aromatic heterocycles. The third-order valence-corrected chi connectivity index (χ3v) is 5.00. The van der Waals surface area contributed by atoms with Gasteiger partial charge in [-0.25, -0.2) is 0 Å². The lowest BCUT2D eigenvalue weighted by Crippen LogP contribution is -2.34. The number of carbonyl (C=O) groups excluding carboxylic acids is 1. The zero-order valence-corrected chi connectivity index (χ0v) is 11.4. The lowest BCUT2D eigenvalue weighted by atomic mass is 9.71. The monoisotopic (exact) mass is 271 g/mol. The Morgan fingerprint density at radius 2 is 2.06 bits per heavy atom. The lowest BCUT2D eigenvalue weighted by Gasteiger charge is -2.35. The molecule has 0 spiro atoms. The Bertz CT molecular complexity index is 396. The van der Waals surface area contributed by atoms with Crippen molar-refractivity contribution in [3.05, 3.63) is 21.3 Å². The first-order valence-electron chi connectivity index (χ1n) is 6.14. The van der Waals surface area contributed by atoms with Crippen molar-refractivity contribution >= 4 is 28.7 Å². The second kappa shape index (κ2) is 5.51. The highest BCUT2D eigenvalue weighted by molar-refractivity contribution is 7.18. The van der Waals surface area contributed by atoms with Crippen LogP contribution in [-0.2, 0) is 0 Å². The number of thiophene rings is 1. The number of halogens is 1.